The van der Waals surface area contributed by atoms with Crippen LogP contribution in [0.2, 0.25) is 0 Å². The molecule has 5 nitrogen and oxygen atoms in total. The Kier molecular flexibility index (Phi) is 6.58. The molecule has 4 rings (SSSR count). The summed E-state index contributed by atoms with van der Waals surface area (Å²) in [6.45, 7) is 2.58. The Balaban J connectivity index is 1.27. The van der Waals surface area contributed by atoms with Crippen LogP contribution in [-0.2, 0) is 0 Å². The predicted octanol–water partition coefficient (Wildman–Crippen LogP) is 4.78. The van der Waals surface area contributed by atoms with Crippen molar-refractivity contribution >= 4 is 28.6 Å². The second-order valence-corrected chi connectivity index (χ2v) is 9.42. The molecule has 1 aliphatic heterocycles. The molecule has 3 heterocycles. The van der Waals surface area contributed by atoms with Crippen LogP contribution in [0.25, 0.3) is 10.6 Å². The highest BCUT2D eigenvalue weighted by Crippen LogP contribution is 2.30. The van der Waals surface area contributed by atoms with E-state index in [1.165, 1.54) is 17.4 Å². The van der Waals surface area contributed by atoms with Crippen molar-refractivity contribution in [1.82, 2.24) is 20.7 Å². The molecule has 0 bridgehead atoms. The molecule has 1 amide bonds. The van der Waals surface area contributed by atoms with E-state index in [1.54, 1.807) is 28.4 Å². The van der Waals surface area contributed by atoms with E-state index in [-0.39, 0.29) is 17.8 Å². The molecule has 0 spiro atoms. The topological polar surface area (TPSA) is 57.3 Å². The molecule has 2 unspecified atom stereocenters. The van der Waals surface area contributed by atoms with Gasteiger partial charge in [-0.05, 0) is 55.3 Å². The first-order chi connectivity index (χ1) is 14.5. The zero-order valence-corrected chi connectivity index (χ0v) is 18.7. The summed E-state index contributed by atoms with van der Waals surface area (Å²) in [6.07, 6.45) is 2.74. The monoisotopic (exact) mass is 444 g/mol. The number of hydrogen-bond donors (Lipinski definition) is 2. The first kappa shape index (κ1) is 21.1. The van der Waals surface area contributed by atoms with Crippen LogP contribution < -0.4 is 10.9 Å². The number of benzene rings is 1. The van der Waals surface area contributed by atoms with Crippen LogP contribution >= 0.6 is 22.7 Å². The standard InChI is InChI=1S/C22H25FN4OS2/c1-14-20(30-21(24-14)16-8-10-29-13-16)22(28)27(2)9-4-7-18-12-19(26-25-18)15-5-3-6-17(23)11-15/h3,5-6,8,10-11,13,18-19,25-26H,4,7,9,12H2,1-2H3. The third kappa shape index (κ3) is 4.78. The van der Waals surface area contributed by atoms with Gasteiger partial charge in [0.05, 0.1) is 5.69 Å². The van der Waals surface area contributed by atoms with Gasteiger partial charge < -0.3 is 4.90 Å². The molecule has 2 aromatic heterocycles. The molecule has 2 atom stereocenters. The van der Waals surface area contributed by atoms with Crippen molar-refractivity contribution in [2.75, 3.05) is 13.6 Å². The number of halogens is 1. The van der Waals surface area contributed by atoms with E-state index in [1.807, 2.05) is 31.5 Å². The lowest BCUT2D eigenvalue weighted by Gasteiger charge is -2.17. The molecule has 3 aromatic rings. The van der Waals surface area contributed by atoms with Crippen molar-refractivity contribution in [1.29, 1.82) is 0 Å². The number of hydrazine groups is 1. The molecule has 2 N–H and O–H groups in total. The molecule has 1 saturated heterocycles. The van der Waals surface area contributed by atoms with Gasteiger partial charge in [-0.2, -0.15) is 11.3 Å². The number of carbonyl (C=O) groups is 1. The summed E-state index contributed by atoms with van der Waals surface area (Å²) in [5, 5.41) is 4.97. The SMILES string of the molecule is Cc1nc(-c2ccsc2)sc1C(=O)N(C)CCCC1CC(c2cccc(F)c2)NN1. The maximum atomic E-state index is 13.4. The third-order valence-electron chi connectivity index (χ3n) is 5.38. The predicted molar refractivity (Wildman–Crippen MR) is 120 cm³/mol. The molecule has 0 saturated carbocycles. The molecule has 1 aromatic carbocycles. The molecule has 158 valence electrons. The number of carbonyl (C=O) groups excluding carboxylic acids is 1. The lowest BCUT2D eigenvalue weighted by molar-refractivity contribution is 0.0795. The number of rotatable bonds is 7. The highest BCUT2D eigenvalue weighted by Gasteiger charge is 2.25. The van der Waals surface area contributed by atoms with Gasteiger partial charge >= 0.3 is 0 Å². The van der Waals surface area contributed by atoms with E-state index in [9.17, 15) is 9.18 Å². The Morgan fingerprint density at radius 1 is 1.33 bits per heavy atom. The fraction of sp³-hybridized carbons (Fsp3) is 0.364. The van der Waals surface area contributed by atoms with Gasteiger partial charge in [0.25, 0.3) is 5.91 Å². The average Bonchev–Trinajstić information content (AvgIpc) is 3.48. The van der Waals surface area contributed by atoms with Crippen LogP contribution in [0.1, 0.15) is 46.2 Å². The fourth-order valence-electron chi connectivity index (χ4n) is 3.71. The summed E-state index contributed by atoms with van der Waals surface area (Å²) in [4.78, 5) is 20.0. The van der Waals surface area contributed by atoms with Gasteiger partial charge in [-0.3, -0.25) is 15.6 Å². The number of nitrogens with one attached hydrogen (secondary N) is 2. The van der Waals surface area contributed by atoms with Crippen LogP contribution in [0.4, 0.5) is 4.39 Å². The minimum Gasteiger partial charge on any atom is -0.341 e. The average molecular weight is 445 g/mol. The van der Waals surface area contributed by atoms with Crippen LogP contribution in [0.15, 0.2) is 41.1 Å². The van der Waals surface area contributed by atoms with Crippen LogP contribution in [0.3, 0.4) is 0 Å². The Morgan fingerprint density at radius 2 is 2.20 bits per heavy atom. The normalized spacial score (nSPS) is 18.6. The minimum absolute atomic E-state index is 0.0293. The number of aryl methyl sites for hydroxylation is 1. The third-order valence-corrected chi connectivity index (χ3v) is 7.26. The van der Waals surface area contributed by atoms with Gasteiger partial charge in [-0.15, -0.1) is 11.3 Å². The fourth-order valence-corrected chi connectivity index (χ4v) is 5.48. The number of aromatic nitrogens is 1. The van der Waals surface area contributed by atoms with E-state index in [4.69, 9.17) is 0 Å². The molecule has 0 aliphatic carbocycles. The summed E-state index contributed by atoms with van der Waals surface area (Å²) in [5.74, 6) is -0.181. The first-order valence-corrected chi connectivity index (χ1v) is 11.8. The van der Waals surface area contributed by atoms with Gasteiger partial charge in [-0.1, -0.05) is 12.1 Å². The molecular weight excluding hydrogens is 419 g/mol. The van der Waals surface area contributed by atoms with Crippen LogP contribution in [0.5, 0.6) is 0 Å². The van der Waals surface area contributed by atoms with Crippen molar-refractivity contribution in [2.24, 2.45) is 0 Å². The largest absolute Gasteiger partial charge is 0.341 e. The van der Waals surface area contributed by atoms with Crippen molar-refractivity contribution < 1.29 is 9.18 Å². The molecule has 0 radical (unpaired) electrons. The Bertz CT molecular complexity index is 1000. The lowest BCUT2D eigenvalue weighted by atomic mass is 9.99. The van der Waals surface area contributed by atoms with Crippen molar-refractivity contribution in [3.8, 4) is 10.6 Å². The summed E-state index contributed by atoms with van der Waals surface area (Å²) in [6, 6.07) is 9.17. The Hall–Kier alpha value is -2.13. The molecular formula is C22H25FN4OS2. The second-order valence-electron chi connectivity index (χ2n) is 7.64. The van der Waals surface area contributed by atoms with Crippen LogP contribution in [0, 0.1) is 12.7 Å². The van der Waals surface area contributed by atoms with E-state index < -0.39 is 0 Å². The minimum atomic E-state index is -0.210. The van der Waals surface area contributed by atoms with Crippen molar-refractivity contribution in [2.45, 2.75) is 38.3 Å². The quantitative estimate of drug-likeness (QED) is 0.551. The zero-order valence-electron chi connectivity index (χ0n) is 17.0. The summed E-state index contributed by atoms with van der Waals surface area (Å²) >= 11 is 3.09. The summed E-state index contributed by atoms with van der Waals surface area (Å²) in [7, 11) is 1.85. The maximum Gasteiger partial charge on any atom is 0.265 e. The number of hydrogen-bond acceptors (Lipinski definition) is 6. The van der Waals surface area contributed by atoms with E-state index in [2.05, 4.69) is 21.2 Å². The van der Waals surface area contributed by atoms with Gasteiger partial charge in [-0.25, -0.2) is 9.37 Å². The highest BCUT2D eigenvalue weighted by atomic mass is 32.1. The summed E-state index contributed by atoms with van der Waals surface area (Å²) < 4.78 is 13.4. The molecule has 8 heteroatoms. The van der Waals surface area contributed by atoms with E-state index >= 15 is 0 Å². The van der Waals surface area contributed by atoms with Crippen LogP contribution in [-0.4, -0.2) is 35.4 Å². The van der Waals surface area contributed by atoms with E-state index in [0.29, 0.717) is 17.5 Å². The maximum absolute atomic E-state index is 13.4. The van der Waals surface area contributed by atoms with E-state index in [0.717, 1.165) is 41.1 Å². The Labute approximate surface area is 183 Å². The summed E-state index contributed by atoms with van der Waals surface area (Å²) in [5.41, 5.74) is 9.38. The molecule has 1 aliphatic rings. The molecule has 30 heavy (non-hydrogen) atoms. The number of thiazole rings is 1. The first-order valence-electron chi connectivity index (χ1n) is 10.0. The Morgan fingerprint density at radius 3 is 2.97 bits per heavy atom. The number of nitrogens with zero attached hydrogens (tertiary/aromatic N) is 2. The zero-order chi connectivity index (χ0) is 21.1. The lowest BCUT2D eigenvalue weighted by Crippen LogP contribution is -2.32. The number of thiophene rings is 1. The van der Waals surface area contributed by atoms with Gasteiger partial charge in [0, 0.05) is 36.6 Å². The van der Waals surface area contributed by atoms with Gasteiger partial charge in [0.1, 0.15) is 15.7 Å². The highest BCUT2D eigenvalue weighted by molar-refractivity contribution is 7.17. The number of amides is 1. The molecule has 1 fully saturated rings. The smallest absolute Gasteiger partial charge is 0.265 e. The van der Waals surface area contributed by atoms with Gasteiger partial charge in [0.15, 0.2) is 0 Å². The van der Waals surface area contributed by atoms with Crippen molar-refractivity contribution in [3.05, 3.63) is 63.0 Å². The second kappa shape index (κ2) is 9.34. The van der Waals surface area contributed by atoms with Gasteiger partial charge in [0.2, 0.25) is 0 Å². The van der Waals surface area contributed by atoms with Crippen molar-refractivity contribution in [3.63, 3.8) is 0 Å².